The van der Waals surface area contributed by atoms with Crippen LogP contribution in [0.2, 0.25) is 0 Å². The average molecular weight is 787 g/mol. The fraction of sp³-hybridized carbons (Fsp3) is 0.364. The van der Waals surface area contributed by atoms with Crippen LogP contribution in [0.1, 0.15) is 69.8 Å². The van der Waals surface area contributed by atoms with Crippen molar-refractivity contribution in [3.8, 4) is 33.6 Å². The molecule has 5 aromatic rings. The van der Waals surface area contributed by atoms with Crippen LogP contribution in [0.15, 0.2) is 85.2 Å². The Balaban J connectivity index is 1.04. The molecule has 3 aromatic carbocycles. The van der Waals surface area contributed by atoms with Crippen molar-refractivity contribution in [3.63, 3.8) is 0 Å². The van der Waals surface area contributed by atoms with Gasteiger partial charge in [-0.1, -0.05) is 94.4 Å². The van der Waals surface area contributed by atoms with Crippen molar-refractivity contribution in [1.29, 1.82) is 0 Å². The van der Waals surface area contributed by atoms with Crippen molar-refractivity contribution in [3.05, 3.63) is 102 Å². The van der Waals surface area contributed by atoms with Crippen molar-refractivity contribution in [2.45, 2.75) is 71.1 Å². The second-order valence-corrected chi connectivity index (χ2v) is 15.5. The molecule has 1 fully saturated rings. The third kappa shape index (κ3) is 8.04. The number of nitrogens with one attached hydrogen (secondary N) is 4. The highest BCUT2D eigenvalue weighted by atomic mass is 16.5. The molecule has 0 radical (unpaired) electrons. The number of carbonyl (C=O) groups excluding carboxylic acids is 4. The maximum Gasteiger partial charge on any atom is 0.407 e. The van der Waals surface area contributed by atoms with Gasteiger partial charge in [0, 0.05) is 18.7 Å². The number of hydrogen-bond acceptors (Lipinski definition) is 8. The highest BCUT2D eigenvalue weighted by Crippen LogP contribution is 2.41. The summed E-state index contributed by atoms with van der Waals surface area (Å²) in [6, 6.07) is 22.2. The molecular weight excluding hydrogens is 737 g/mol. The number of para-hydroxylation sites is 1. The smallest absolute Gasteiger partial charge is 0.407 e. The number of imidazole rings is 2. The minimum Gasteiger partial charge on any atom is -0.453 e. The minimum atomic E-state index is -0.781. The number of aromatic amines is 2. The standard InChI is InChI=1S/C44H50N8O6/c1-25(2)37(49-43(55)57-5)41(53)51-21-9-12-35(51)39-45-23-32(47-39)29-17-13-27(14-18-29)28-15-19-30(20-16-28)33-24-46-40(48-33)36-22-31-10-7-8-11-34(31)52(36)42(54)38(26(3)4)50-44(56)58-6/h7-8,10-11,13-20,23-26,35-38H,9,12,21-22H2,1-6H3,(H,45,47)(H,46,48)(H,49,55)(H,50,56)/t35-,36-,37-,38?/m0/s1. The molecule has 4 heterocycles. The molecule has 302 valence electrons. The first-order chi connectivity index (χ1) is 28.0. The van der Waals surface area contributed by atoms with E-state index in [1.165, 1.54) is 14.2 Å². The van der Waals surface area contributed by atoms with Crippen LogP contribution in [0.5, 0.6) is 0 Å². The summed E-state index contributed by atoms with van der Waals surface area (Å²) in [5.74, 6) is 0.722. The predicted octanol–water partition coefficient (Wildman–Crippen LogP) is 7.19. The van der Waals surface area contributed by atoms with E-state index < -0.39 is 24.3 Å². The number of anilines is 1. The number of H-pyrrole nitrogens is 2. The largest absolute Gasteiger partial charge is 0.453 e. The lowest BCUT2D eigenvalue weighted by atomic mass is 10.0. The Morgan fingerprint density at radius 3 is 1.67 bits per heavy atom. The van der Waals surface area contributed by atoms with E-state index in [1.807, 2.05) is 76.2 Å². The van der Waals surface area contributed by atoms with E-state index in [0.29, 0.717) is 18.8 Å². The Kier molecular flexibility index (Phi) is 11.6. The molecule has 2 aromatic heterocycles. The van der Waals surface area contributed by atoms with Gasteiger partial charge < -0.3 is 35.0 Å². The maximum atomic E-state index is 14.1. The first kappa shape index (κ1) is 39.8. The first-order valence-electron chi connectivity index (χ1n) is 19.7. The Hall–Kier alpha value is -6.44. The van der Waals surface area contributed by atoms with Crippen molar-refractivity contribution >= 4 is 29.7 Å². The Bertz CT molecular complexity index is 2260. The predicted molar refractivity (Wildman–Crippen MR) is 219 cm³/mol. The van der Waals surface area contributed by atoms with Crippen LogP contribution in [0.25, 0.3) is 33.6 Å². The van der Waals surface area contributed by atoms with Gasteiger partial charge in [-0.15, -0.1) is 0 Å². The number of nitrogens with zero attached hydrogens (tertiary/aromatic N) is 4. The fourth-order valence-corrected chi connectivity index (χ4v) is 7.91. The minimum absolute atomic E-state index is 0.110. The number of amides is 4. The number of ether oxygens (including phenoxy) is 2. The molecule has 0 saturated carbocycles. The highest BCUT2D eigenvalue weighted by molar-refractivity contribution is 6.01. The SMILES string of the molecule is COC(=O)NC(C(=O)N1c2ccccc2C[C@H]1c1ncc(-c2ccc(-c3ccc(-c4cnc([C@@H]5CCCN5C(=O)[C@@H](NC(=O)OC)C(C)C)[nH]4)cc3)cc2)[nH]1)C(C)C. The van der Waals surface area contributed by atoms with Crippen molar-refractivity contribution < 1.29 is 28.7 Å². The quantitative estimate of drug-likeness (QED) is 0.109. The molecule has 0 bridgehead atoms. The molecule has 4 amide bonds. The number of aromatic nitrogens is 4. The third-order valence-electron chi connectivity index (χ3n) is 11.1. The highest BCUT2D eigenvalue weighted by Gasteiger charge is 2.41. The zero-order chi connectivity index (χ0) is 41.1. The van der Waals surface area contributed by atoms with Gasteiger partial charge in [0.05, 0.1) is 50.1 Å². The number of hydrogen-bond donors (Lipinski definition) is 4. The molecule has 0 spiro atoms. The van der Waals surface area contributed by atoms with Gasteiger partial charge in [-0.25, -0.2) is 19.6 Å². The Morgan fingerprint density at radius 1 is 0.672 bits per heavy atom. The Labute approximate surface area is 337 Å². The van der Waals surface area contributed by atoms with E-state index in [0.717, 1.165) is 63.6 Å². The topological polar surface area (TPSA) is 175 Å². The molecule has 2 aliphatic heterocycles. The number of likely N-dealkylation sites (tertiary alicyclic amines) is 1. The average Bonchev–Trinajstić information content (AvgIpc) is 4.07. The summed E-state index contributed by atoms with van der Waals surface area (Å²) < 4.78 is 9.58. The lowest BCUT2D eigenvalue weighted by Crippen LogP contribution is -2.51. The van der Waals surface area contributed by atoms with Crippen molar-refractivity contribution in [2.75, 3.05) is 25.7 Å². The summed E-state index contributed by atoms with van der Waals surface area (Å²) in [5.41, 5.74) is 7.51. The molecule has 2 aliphatic rings. The van der Waals surface area contributed by atoms with Gasteiger partial charge in [-0.05, 0) is 58.6 Å². The molecule has 4 atom stereocenters. The molecule has 14 heteroatoms. The van der Waals surface area contributed by atoms with Crippen LogP contribution < -0.4 is 15.5 Å². The van der Waals surface area contributed by atoms with Crippen molar-refractivity contribution in [1.82, 2.24) is 35.5 Å². The number of fused-ring (bicyclic) bond motifs is 1. The molecule has 14 nitrogen and oxygen atoms in total. The second-order valence-electron chi connectivity index (χ2n) is 15.5. The molecule has 7 rings (SSSR count). The van der Waals surface area contributed by atoms with E-state index in [-0.39, 0.29) is 35.7 Å². The fourth-order valence-electron chi connectivity index (χ4n) is 7.91. The van der Waals surface area contributed by atoms with E-state index in [9.17, 15) is 19.2 Å². The molecule has 58 heavy (non-hydrogen) atoms. The van der Waals surface area contributed by atoms with Gasteiger partial charge in [-0.3, -0.25) is 14.5 Å². The number of methoxy groups -OCH3 is 2. The monoisotopic (exact) mass is 786 g/mol. The van der Waals surface area contributed by atoms with E-state index in [2.05, 4.69) is 49.9 Å². The summed E-state index contributed by atoms with van der Waals surface area (Å²) >= 11 is 0. The summed E-state index contributed by atoms with van der Waals surface area (Å²) in [6.45, 7) is 8.17. The second kappa shape index (κ2) is 17.0. The number of benzene rings is 3. The van der Waals surface area contributed by atoms with Crippen LogP contribution in [0, 0.1) is 11.8 Å². The van der Waals surface area contributed by atoms with Gasteiger partial charge >= 0.3 is 12.2 Å². The molecule has 1 unspecified atom stereocenters. The van der Waals surface area contributed by atoms with Gasteiger partial charge in [0.25, 0.3) is 5.91 Å². The lowest BCUT2D eigenvalue weighted by molar-refractivity contribution is -0.135. The van der Waals surface area contributed by atoms with Gasteiger partial charge in [0.15, 0.2) is 0 Å². The summed E-state index contributed by atoms with van der Waals surface area (Å²) in [6.07, 6.45) is 4.51. The van der Waals surface area contributed by atoms with Crippen LogP contribution in [0.4, 0.5) is 15.3 Å². The van der Waals surface area contributed by atoms with Crippen molar-refractivity contribution in [2.24, 2.45) is 11.8 Å². The molecule has 4 N–H and O–H groups in total. The van der Waals surface area contributed by atoms with Crippen LogP contribution in [-0.2, 0) is 25.5 Å². The number of carbonyl (C=O) groups is 4. The van der Waals surface area contributed by atoms with Gasteiger partial charge in [-0.2, -0.15) is 0 Å². The van der Waals surface area contributed by atoms with E-state index in [1.54, 1.807) is 22.2 Å². The van der Waals surface area contributed by atoms with Crippen LogP contribution in [-0.4, -0.2) is 81.7 Å². The molecular formula is C44H50N8O6. The number of rotatable bonds is 11. The molecule has 0 aliphatic carbocycles. The van der Waals surface area contributed by atoms with Gasteiger partial charge in [0.2, 0.25) is 5.91 Å². The first-order valence-corrected chi connectivity index (χ1v) is 19.7. The Morgan fingerprint density at radius 2 is 1.16 bits per heavy atom. The number of alkyl carbamates (subject to hydrolysis) is 2. The summed E-state index contributed by atoms with van der Waals surface area (Å²) in [7, 11) is 2.57. The van der Waals surface area contributed by atoms with Crippen LogP contribution >= 0.6 is 0 Å². The molecule has 1 saturated heterocycles. The van der Waals surface area contributed by atoms with Gasteiger partial charge in [0.1, 0.15) is 23.7 Å². The zero-order valence-corrected chi connectivity index (χ0v) is 33.6. The van der Waals surface area contributed by atoms with E-state index >= 15 is 0 Å². The van der Waals surface area contributed by atoms with E-state index in [4.69, 9.17) is 14.5 Å². The summed E-state index contributed by atoms with van der Waals surface area (Å²) in [4.78, 5) is 71.7. The summed E-state index contributed by atoms with van der Waals surface area (Å²) in [5, 5.41) is 5.42. The zero-order valence-electron chi connectivity index (χ0n) is 33.6. The lowest BCUT2D eigenvalue weighted by Gasteiger charge is -2.30. The third-order valence-corrected chi connectivity index (χ3v) is 11.1. The normalized spacial score (nSPS) is 17.2. The maximum absolute atomic E-state index is 14.1. The van der Waals surface area contributed by atoms with Crippen LogP contribution in [0.3, 0.4) is 0 Å².